The van der Waals surface area contributed by atoms with Gasteiger partial charge in [0.1, 0.15) is 6.54 Å². The number of carbonyl (C=O) groups is 3. The van der Waals surface area contributed by atoms with E-state index in [0.29, 0.717) is 17.9 Å². The molecule has 0 aliphatic rings. The number of amides is 3. The summed E-state index contributed by atoms with van der Waals surface area (Å²) in [6, 6.07) is 10.9. The van der Waals surface area contributed by atoms with Crippen molar-refractivity contribution < 1.29 is 19.1 Å². The fourth-order valence-corrected chi connectivity index (χ4v) is 2.34. The summed E-state index contributed by atoms with van der Waals surface area (Å²) in [5.74, 6) is -1.03. The highest BCUT2D eigenvalue weighted by atomic mass is 35.5. The molecule has 2 rings (SSSR count). The van der Waals surface area contributed by atoms with Crippen LogP contribution in [0.25, 0.3) is 0 Å². The van der Waals surface area contributed by atoms with Gasteiger partial charge in [0, 0.05) is 19.2 Å². The second-order valence-corrected chi connectivity index (χ2v) is 6.09. The van der Waals surface area contributed by atoms with Crippen molar-refractivity contribution in [1.82, 2.24) is 20.8 Å². The van der Waals surface area contributed by atoms with E-state index in [1.54, 1.807) is 50.4 Å². The lowest BCUT2D eigenvalue weighted by Gasteiger charge is -2.20. The van der Waals surface area contributed by atoms with Gasteiger partial charge in [0.2, 0.25) is 6.10 Å². The van der Waals surface area contributed by atoms with Gasteiger partial charge in [-0.1, -0.05) is 41.9 Å². The molecule has 0 spiro atoms. The zero-order valence-electron chi connectivity index (χ0n) is 15.4. The van der Waals surface area contributed by atoms with Gasteiger partial charge < -0.3 is 15.0 Å². The average Bonchev–Trinajstić information content (AvgIpc) is 2.67. The number of esters is 1. The van der Waals surface area contributed by atoms with Gasteiger partial charge in [-0.3, -0.25) is 14.9 Å². The van der Waals surface area contributed by atoms with Crippen molar-refractivity contribution in [1.29, 1.82) is 0 Å². The smallest absolute Gasteiger partial charge is 0.326 e. The Morgan fingerprint density at radius 3 is 2.46 bits per heavy atom. The first kappa shape index (κ1) is 21.1. The number of likely N-dealkylation sites (N-methyl/N-ethyl adjacent to an activating group) is 1. The second kappa shape index (κ2) is 10.2. The summed E-state index contributed by atoms with van der Waals surface area (Å²) >= 11 is 5.70. The van der Waals surface area contributed by atoms with Gasteiger partial charge >= 0.3 is 12.0 Å². The molecule has 0 bridgehead atoms. The Bertz CT molecular complexity index is 816. The monoisotopic (exact) mass is 405 g/mol. The molecule has 0 saturated heterocycles. The number of benzene rings is 1. The molecular weight excluding hydrogens is 386 g/mol. The third-order valence-corrected chi connectivity index (χ3v) is 3.74. The molecule has 148 valence electrons. The van der Waals surface area contributed by atoms with Gasteiger partial charge in [0.05, 0.1) is 0 Å². The first-order valence-electron chi connectivity index (χ1n) is 8.44. The summed E-state index contributed by atoms with van der Waals surface area (Å²) in [6.07, 6.45) is -1.28. The fourth-order valence-electron chi connectivity index (χ4n) is 2.24. The lowest BCUT2D eigenvalue weighted by Crippen LogP contribution is -2.43. The molecule has 3 amide bonds. The number of aromatic nitrogens is 2. The van der Waals surface area contributed by atoms with E-state index in [0.717, 1.165) is 0 Å². The van der Waals surface area contributed by atoms with Crippen LogP contribution in [0, 0.1) is 0 Å². The molecule has 1 atom stereocenters. The van der Waals surface area contributed by atoms with E-state index in [4.69, 9.17) is 16.3 Å². The zero-order valence-corrected chi connectivity index (χ0v) is 16.1. The van der Waals surface area contributed by atoms with E-state index in [2.05, 4.69) is 20.8 Å². The molecule has 0 aliphatic heterocycles. The predicted molar refractivity (Wildman–Crippen MR) is 103 cm³/mol. The number of hydrogen-bond donors (Lipinski definition) is 2. The van der Waals surface area contributed by atoms with E-state index in [-0.39, 0.29) is 11.7 Å². The van der Waals surface area contributed by atoms with Crippen molar-refractivity contribution in [2.24, 2.45) is 0 Å². The Hall–Kier alpha value is -3.20. The Labute approximate surface area is 167 Å². The number of imide groups is 1. The summed E-state index contributed by atoms with van der Waals surface area (Å²) in [7, 11) is 1.62. The standard InChI is InChI=1S/C18H20ClN5O4/c1-3-20-18(27)21-17(26)16(12-7-5-4-6-8-12)28-15(25)11-24(2)14-10-9-13(19)22-23-14/h4-10,16H,3,11H2,1-2H3,(H2,20,21,26,27). The number of hydrogen-bond acceptors (Lipinski definition) is 7. The van der Waals surface area contributed by atoms with Gasteiger partial charge in [-0.25, -0.2) is 4.79 Å². The van der Waals surface area contributed by atoms with Crippen molar-refractivity contribution in [2.75, 3.05) is 25.0 Å². The first-order chi connectivity index (χ1) is 13.4. The molecule has 0 saturated carbocycles. The molecule has 0 fully saturated rings. The minimum Gasteiger partial charge on any atom is -0.446 e. The van der Waals surface area contributed by atoms with Crippen LogP contribution in [0.15, 0.2) is 42.5 Å². The van der Waals surface area contributed by atoms with Gasteiger partial charge in [-0.05, 0) is 19.1 Å². The van der Waals surface area contributed by atoms with Crippen LogP contribution in [-0.2, 0) is 14.3 Å². The van der Waals surface area contributed by atoms with Crippen LogP contribution >= 0.6 is 11.6 Å². The topological polar surface area (TPSA) is 114 Å². The van der Waals surface area contributed by atoms with Crippen LogP contribution in [0.2, 0.25) is 5.15 Å². The van der Waals surface area contributed by atoms with Gasteiger partial charge in [-0.2, -0.15) is 0 Å². The maximum atomic E-state index is 12.5. The molecule has 28 heavy (non-hydrogen) atoms. The number of ether oxygens (including phenoxy) is 1. The zero-order chi connectivity index (χ0) is 20.5. The molecule has 2 aromatic rings. The highest BCUT2D eigenvalue weighted by Crippen LogP contribution is 2.18. The number of nitrogens with zero attached hydrogens (tertiary/aromatic N) is 3. The number of urea groups is 1. The molecule has 1 aromatic carbocycles. The predicted octanol–water partition coefficient (Wildman–Crippen LogP) is 1.70. The second-order valence-electron chi connectivity index (χ2n) is 5.70. The normalized spacial score (nSPS) is 11.2. The summed E-state index contributed by atoms with van der Waals surface area (Å²) in [5, 5.41) is 12.4. The lowest BCUT2D eigenvalue weighted by molar-refractivity contribution is -0.154. The summed E-state index contributed by atoms with van der Waals surface area (Å²) in [4.78, 5) is 38.0. The summed E-state index contributed by atoms with van der Waals surface area (Å²) in [6.45, 7) is 1.88. The summed E-state index contributed by atoms with van der Waals surface area (Å²) in [5.41, 5.74) is 0.437. The SMILES string of the molecule is CCNC(=O)NC(=O)C(OC(=O)CN(C)c1ccc(Cl)nn1)c1ccccc1. The average molecular weight is 406 g/mol. The molecular formula is C18H20ClN5O4. The molecule has 1 aromatic heterocycles. The maximum Gasteiger partial charge on any atom is 0.326 e. The largest absolute Gasteiger partial charge is 0.446 e. The minimum atomic E-state index is -1.28. The highest BCUT2D eigenvalue weighted by Gasteiger charge is 2.27. The Morgan fingerprint density at radius 1 is 1.14 bits per heavy atom. The number of rotatable bonds is 7. The molecule has 2 N–H and O–H groups in total. The molecule has 9 nitrogen and oxygen atoms in total. The first-order valence-corrected chi connectivity index (χ1v) is 8.82. The number of anilines is 1. The van der Waals surface area contributed by atoms with Gasteiger partial charge in [-0.15, -0.1) is 10.2 Å². The third-order valence-electron chi connectivity index (χ3n) is 3.54. The van der Waals surface area contributed by atoms with Gasteiger partial charge in [0.15, 0.2) is 11.0 Å². The Morgan fingerprint density at radius 2 is 1.86 bits per heavy atom. The number of halogens is 1. The Kier molecular flexibility index (Phi) is 7.70. The van der Waals surface area contributed by atoms with Gasteiger partial charge in [0.25, 0.3) is 5.91 Å². The van der Waals surface area contributed by atoms with Crippen LogP contribution in [-0.4, -0.2) is 48.2 Å². The van der Waals surface area contributed by atoms with Crippen molar-refractivity contribution in [3.63, 3.8) is 0 Å². The molecule has 10 heteroatoms. The van der Waals surface area contributed by atoms with Crippen molar-refractivity contribution in [3.8, 4) is 0 Å². The number of nitrogens with one attached hydrogen (secondary N) is 2. The van der Waals surface area contributed by atoms with E-state index >= 15 is 0 Å². The van der Waals surface area contributed by atoms with Crippen molar-refractivity contribution in [3.05, 3.63) is 53.2 Å². The van der Waals surface area contributed by atoms with Crippen LogP contribution in [0.3, 0.4) is 0 Å². The lowest BCUT2D eigenvalue weighted by atomic mass is 10.1. The van der Waals surface area contributed by atoms with E-state index in [1.807, 2.05) is 0 Å². The fraction of sp³-hybridized carbons (Fsp3) is 0.278. The summed E-state index contributed by atoms with van der Waals surface area (Å²) < 4.78 is 5.35. The number of carbonyl (C=O) groups excluding carboxylic acids is 3. The molecule has 1 heterocycles. The molecule has 0 radical (unpaired) electrons. The van der Waals surface area contributed by atoms with E-state index in [9.17, 15) is 14.4 Å². The van der Waals surface area contributed by atoms with Crippen LogP contribution in [0.1, 0.15) is 18.6 Å². The minimum absolute atomic E-state index is 0.186. The quantitative estimate of drug-likeness (QED) is 0.674. The van der Waals surface area contributed by atoms with E-state index in [1.165, 1.54) is 11.0 Å². The highest BCUT2D eigenvalue weighted by molar-refractivity contribution is 6.29. The van der Waals surface area contributed by atoms with Crippen LogP contribution < -0.4 is 15.5 Å². The van der Waals surface area contributed by atoms with Crippen molar-refractivity contribution in [2.45, 2.75) is 13.0 Å². The third kappa shape index (κ3) is 6.20. The maximum absolute atomic E-state index is 12.5. The molecule has 0 aliphatic carbocycles. The molecule has 1 unspecified atom stereocenters. The Balaban J connectivity index is 2.08. The van der Waals surface area contributed by atoms with E-state index < -0.39 is 24.0 Å². The van der Waals surface area contributed by atoms with Crippen LogP contribution in [0.4, 0.5) is 10.6 Å². The van der Waals surface area contributed by atoms with Crippen LogP contribution in [0.5, 0.6) is 0 Å². The van der Waals surface area contributed by atoms with Crippen molar-refractivity contribution >= 4 is 35.3 Å².